The van der Waals surface area contributed by atoms with Gasteiger partial charge in [-0.3, -0.25) is 4.99 Å². The summed E-state index contributed by atoms with van der Waals surface area (Å²) in [6.07, 6.45) is 5.42. The van der Waals surface area contributed by atoms with Crippen molar-refractivity contribution in [3.63, 3.8) is 0 Å². The van der Waals surface area contributed by atoms with Gasteiger partial charge in [0.2, 0.25) is 5.89 Å². The summed E-state index contributed by atoms with van der Waals surface area (Å²) in [5.41, 5.74) is 0. The van der Waals surface area contributed by atoms with Gasteiger partial charge in [-0.15, -0.1) is 0 Å². The van der Waals surface area contributed by atoms with Gasteiger partial charge in [0.15, 0.2) is 11.8 Å². The van der Waals surface area contributed by atoms with Crippen LogP contribution >= 0.6 is 0 Å². The van der Waals surface area contributed by atoms with E-state index in [1.54, 1.807) is 7.05 Å². The van der Waals surface area contributed by atoms with E-state index in [0.29, 0.717) is 17.8 Å². The van der Waals surface area contributed by atoms with Gasteiger partial charge in [-0.05, 0) is 32.6 Å². The zero-order valence-electron chi connectivity index (χ0n) is 14.6. The lowest BCUT2D eigenvalue weighted by atomic mass is 10.0. The van der Waals surface area contributed by atoms with Crippen molar-refractivity contribution in [3.05, 3.63) is 11.7 Å². The Labute approximate surface area is 134 Å². The van der Waals surface area contributed by atoms with E-state index in [1.165, 1.54) is 19.3 Å². The standard InChI is InChI=1S/C16H31N5O/c1-12(2)8-6-9-13(3)19-16(17-5)18-11-7-10-15-20-14(4)21-22-15/h12-13H,6-11H2,1-5H3,(H2,17,18,19). The molecule has 0 fully saturated rings. The summed E-state index contributed by atoms with van der Waals surface area (Å²) < 4.78 is 5.09. The van der Waals surface area contributed by atoms with E-state index in [4.69, 9.17) is 4.52 Å². The van der Waals surface area contributed by atoms with Gasteiger partial charge >= 0.3 is 0 Å². The number of nitrogens with zero attached hydrogens (tertiary/aromatic N) is 3. The monoisotopic (exact) mass is 309 g/mol. The number of aryl methyl sites for hydroxylation is 2. The highest BCUT2D eigenvalue weighted by Gasteiger charge is 2.06. The van der Waals surface area contributed by atoms with Crippen LogP contribution in [0.1, 0.15) is 58.2 Å². The predicted molar refractivity (Wildman–Crippen MR) is 90.0 cm³/mol. The molecule has 1 heterocycles. The number of rotatable bonds is 9. The molecular formula is C16H31N5O. The average Bonchev–Trinajstić information content (AvgIpc) is 2.87. The first-order valence-corrected chi connectivity index (χ1v) is 8.27. The second kappa shape index (κ2) is 10.2. The van der Waals surface area contributed by atoms with Crippen molar-refractivity contribution >= 4 is 5.96 Å². The van der Waals surface area contributed by atoms with Crippen molar-refractivity contribution in [3.8, 4) is 0 Å². The van der Waals surface area contributed by atoms with Gasteiger partial charge in [-0.1, -0.05) is 31.8 Å². The van der Waals surface area contributed by atoms with Crippen LogP contribution in [-0.4, -0.2) is 35.7 Å². The van der Waals surface area contributed by atoms with Crippen LogP contribution in [0.5, 0.6) is 0 Å². The smallest absolute Gasteiger partial charge is 0.226 e. The molecule has 0 saturated carbocycles. The lowest BCUT2D eigenvalue weighted by Crippen LogP contribution is -2.42. The van der Waals surface area contributed by atoms with Gasteiger partial charge in [-0.2, -0.15) is 4.98 Å². The topological polar surface area (TPSA) is 75.3 Å². The van der Waals surface area contributed by atoms with Gasteiger partial charge in [0.25, 0.3) is 0 Å². The molecule has 0 saturated heterocycles. The second-order valence-corrected chi connectivity index (χ2v) is 6.21. The minimum Gasteiger partial charge on any atom is -0.356 e. The Kier molecular flexibility index (Phi) is 8.55. The normalized spacial score (nSPS) is 13.5. The maximum atomic E-state index is 5.09. The number of hydrogen-bond donors (Lipinski definition) is 2. The summed E-state index contributed by atoms with van der Waals surface area (Å²) in [4.78, 5) is 8.46. The Morgan fingerprint density at radius 3 is 2.59 bits per heavy atom. The fourth-order valence-corrected chi connectivity index (χ4v) is 2.22. The number of aliphatic imine (C=N–C) groups is 1. The number of nitrogens with one attached hydrogen (secondary N) is 2. The van der Waals surface area contributed by atoms with Crippen molar-refractivity contribution in [2.75, 3.05) is 13.6 Å². The Morgan fingerprint density at radius 1 is 1.23 bits per heavy atom. The quantitative estimate of drug-likeness (QED) is 0.417. The lowest BCUT2D eigenvalue weighted by molar-refractivity contribution is 0.372. The van der Waals surface area contributed by atoms with Gasteiger partial charge in [0.1, 0.15) is 0 Å². The van der Waals surface area contributed by atoms with E-state index < -0.39 is 0 Å². The average molecular weight is 309 g/mol. The van der Waals surface area contributed by atoms with Crippen LogP contribution in [0, 0.1) is 12.8 Å². The summed E-state index contributed by atoms with van der Waals surface area (Å²) >= 11 is 0. The molecule has 1 atom stereocenters. The van der Waals surface area contributed by atoms with Crippen LogP contribution in [0.3, 0.4) is 0 Å². The Morgan fingerprint density at radius 2 is 2.00 bits per heavy atom. The third kappa shape index (κ3) is 8.00. The highest BCUT2D eigenvalue weighted by molar-refractivity contribution is 5.79. The minimum absolute atomic E-state index is 0.434. The van der Waals surface area contributed by atoms with Crippen molar-refractivity contribution in [2.24, 2.45) is 10.9 Å². The minimum atomic E-state index is 0.434. The molecule has 0 aliphatic carbocycles. The molecule has 6 nitrogen and oxygen atoms in total. The number of aromatic nitrogens is 2. The maximum Gasteiger partial charge on any atom is 0.226 e. The van der Waals surface area contributed by atoms with Gasteiger partial charge in [-0.25, -0.2) is 0 Å². The van der Waals surface area contributed by atoms with Gasteiger partial charge in [0.05, 0.1) is 0 Å². The van der Waals surface area contributed by atoms with Crippen LogP contribution in [0.4, 0.5) is 0 Å². The zero-order chi connectivity index (χ0) is 16.4. The third-order valence-electron chi connectivity index (χ3n) is 3.45. The zero-order valence-corrected chi connectivity index (χ0v) is 14.6. The van der Waals surface area contributed by atoms with E-state index in [-0.39, 0.29) is 0 Å². The molecule has 2 N–H and O–H groups in total. The fourth-order valence-electron chi connectivity index (χ4n) is 2.22. The molecule has 0 spiro atoms. The molecule has 1 aromatic rings. The first-order chi connectivity index (χ1) is 10.5. The van der Waals surface area contributed by atoms with Crippen molar-refractivity contribution in [1.82, 2.24) is 20.8 Å². The van der Waals surface area contributed by atoms with Crippen LogP contribution in [0.15, 0.2) is 9.52 Å². The highest BCUT2D eigenvalue weighted by atomic mass is 16.5. The van der Waals surface area contributed by atoms with Crippen molar-refractivity contribution in [1.29, 1.82) is 0 Å². The van der Waals surface area contributed by atoms with Gasteiger partial charge in [0, 0.05) is 26.1 Å². The predicted octanol–water partition coefficient (Wildman–Crippen LogP) is 2.69. The number of hydrogen-bond acceptors (Lipinski definition) is 4. The summed E-state index contributed by atoms with van der Waals surface area (Å²) in [5, 5.41) is 10.5. The molecule has 0 bridgehead atoms. The molecule has 6 heteroatoms. The highest BCUT2D eigenvalue weighted by Crippen LogP contribution is 2.08. The van der Waals surface area contributed by atoms with Crippen LogP contribution in [-0.2, 0) is 6.42 Å². The molecule has 22 heavy (non-hydrogen) atoms. The van der Waals surface area contributed by atoms with E-state index in [2.05, 4.69) is 46.5 Å². The molecule has 0 aliphatic rings. The molecule has 0 amide bonds. The van der Waals surface area contributed by atoms with Crippen molar-refractivity contribution in [2.45, 2.75) is 65.8 Å². The van der Waals surface area contributed by atoms with Crippen LogP contribution < -0.4 is 10.6 Å². The SMILES string of the molecule is CN=C(NCCCc1nc(C)no1)NC(C)CCCC(C)C. The number of guanidine groups is 1. The molecule has 1 rings (SSSR count). The first-order valence-electron chi connectivity index (χ1n) is 8.27. The summed E-state index contributed by atoms with van der Waals surface area (Å²) in [6.45, 7) is 9.40. The Bertz CT molecular complexity index is 441. The summed E-state index contributed by atoms with van der Waals surface area (Å²) in [7, 11) is 1.80. The largest absolute Gasteiger partial charge is 0.356 e. The van der Waals surface area contributed by atoms with Crippen LogP contribution in [0.25, 0.3) is 0 Å². The third-order valence-corrected chi connectivity index (χ3v) is 3.45. The van der Waals surface area contributed by atoms with E-state index in [1.807, 2.05) is 6.92 Å². The molecule has 126 valence electrons. The Hall–Kier alpha value is -1.59. The fraction of sp³-hybridized carbons (Fsp3) is 0.812. The lowest BCUT2D eigenvalue weighted by Gasteiger charge is -2.18. The molecular weight excluding hydrogens is 278 g/mol. The Balaban J connectivity index is 2.16. The summed E-state index contributed by atoms with van der Waals surface area (Å²) in [5.74, 6) is 3.02. The van der Waals surface area contributed by atoms with Gasteiger partial charge < -0.3 is 15.2 Å². The molecule has 0 aromatic carbocycles. The molecule has 1 unspecified atom stereocenters. The first kappa shape index (κ1) is 18.5. The van der Waals surface area contributed by atoms with E-state index >= 15 is 0 Å². The summed E-state index contributed by atoms with van der Waals surface area (Å²) in [6, 6.07) is 0.434. The second-order valence-electron chi connectivity index (χ2n) is 6.21. The molecule has 1 aromatic heterocycles. The van der Waals surface area contributed by atoms with Crippen LogP contribution in [0.2, 0.25) is 0 Å². The molecule has 0 radical (unpaired) electrons. The maximum absolute atomic E-state index is 5.09. The van der Waals surface area contributed by atoms with E-state index in [9.17, 15) is 0 Å². The van der Waals surface area contributed by atoms with E-state index in [0.717, 1.165) is 31.3 Å². The van der Waals surface area contributed by atoms with Crippen molar-refractivity contribution < 1.29 is 4.52 Å². The molecule has 0 aliphatic heterocycles.